The third kappa shape index (κ3) is 2.41. The van der Waals surface area contributed by atoms with E-state index in [4.69, 9.17) is 11.6 Å². The number of carbonyl (C=O) groups excluding carboxylic acids is 3. The standard InChI is InChI=1S/C19H14ClFN2O3S/c1-2-16(24)22-15-6-4-3-5-12(15)19(18(22)26)23(17(25)10-27-19)11-7-8-14(21)13(20)9-11/h3-9H,2,10H2,1H3. The zero-order valence-corrected chi connectivity index (χ0v) is 15.8. The Hall–Kier alpha value is -2.38. The highest BCUT2D eigenvalue weighted by atomic mass is 35.5. The minimum absolute atomic E-state index is 0.0588. The molecule has 2 aromatic carbocycles. The van der Waals surface area contributed by atoms with E-state index in [0.717, 1.165) is 22.7 Å². The van der Waals surface area contributed by atoms with E-state index in [0.29, 0.717) is 16.9 Å². The summed E-state index contributed by atoms with van der Waals surface area (Å²) in [7, 11) is 0. The van der Waals surface area contributed by atoms with Gasteiger partial charge in [-0.3, -0.25) is 19.3 Å². The number of amides is 3. The number of fused-ring (bicyclic) bond motifs is 2. The molecule has 1 saturated heterocycles. The normalized spacial score (nSPS) is 21.3. The van der Waals surface area contributed by atoms with Crippen LogP contribution in [0.5, 0.6) is 0 Å². The van der Waals surface area contributed by atoms with E-state index in [2.05, 4.69) is 0 Å². The molecule has 0 radical (unpaired) electrons. The summed E-state index contributed by atoms with van der Waals surface area (Å²) < 4.78 is 13.6. The summed E-state index contributed by atoms with van der Waals surface area (Å²) in [5.74, 6) is -1.71. The minimum atomic E-state index is -1.40. The second-order valence-corrected chi connectivity index (χ2v) is 7.74. The third-order valence-electron chi connectivity index (χ3n) is 4.69. The number of anilines is 2. The largest absolute Gasteiger partial charge is 0.283 e. The first-order valence-electron chi connectivity index (χ1n) is 8.30. The summed E-state index contributed by atoms with van der Waals surface area (Å²) in [4.78, 5) is 39.7. The number of benzene rings is 2. The molecule has 2 aliphatic heterocycles. The maximum Gasteiger partial charge on any atom is 0.275 e. The molecule has 2 heterocycles. The molecule has 0 bridgehead atoms. The molecule has 0 saturated carbocycles. The molecule has 2 aliphatic rings. The van der Waals surface area contributed by atoms with Crippen LogP contribution in [0.4, 0.5) is 15.8 Å². The van der Waals surface area contributed by atoms with Crippen molar-refractivity contribution in [3.8, 4) is 0 Å². The quantitative estimate of drug-likeness (QED) is 0.765. The zero-order valence-electron chi connectivity index (χ0n) is 14.2. The highest BCUT2D eigenvalue weighted by molar-refractivity contribution is 8.02. The van der Waals surface area contributed by atoms with Gasteiger partial charge in [0.25, 0.3) is 5.91 Å². The first kappa shape index (κ1) is 18.0. The monoisotopic (exact) mass is 404 g/mol. The molecule has 4 rings (SSSR count). The lowest BCUT2D eigenvalue weighted by Gasteiger charge is -2.33. The minimum Gasteiger partial charge on any atom is -0.283 e. The van der Waals surface area contributed by atoms with E-state index >= 15 is 0 Å². The molecule has 5 nitrogen and oxygen atoms in total. The summed E-state index contributed by atoms with van der Waals surface area (Å²) in [6.45, 7) is 1.67. The SMILES string of the molecule is CCC(=O)N1C(=O)C2(SCC(=O)N2c2ccc(F)c(Cl)c2)c2ccccc21. The van der Waals surface area contributed by atoms with Crippen molar-refractivity contribution >= 4 is 52.5 Å². The predicted molar refractivity (Wildman–Crippen MR) is 102 cm³/mol. The Morgan fingerprint density at radius 2 is 2.00 bits per heavy atom. The summed E-state index contributed by atoms with van der Waals surface area (Å²) >= 11 is 7.06. The van der Waals surface area contributed by atoms with Crippen molar-refractivity contribution in [2.75, 3.05) is 15.6 Å². The van der Waals surface area contributed by atoms with E-state index in [-0.39, 0.29) is 29.0 Å². The topological polar surface area (TPSA) is 57.7 Å². The number of halogens is 2. The number of rotatable bonds is 2. The van der Waals surface area contributed by atoms with Crippen LogP contribution >= 0.6 is 23.4 Å². The number of nitrogens with zero attached hydrogens (tertiary/aromatic N) is 2. The molecule has 0 N–H and O–H groups in total. The Labute approximate surface area is 164 Å². The summed E-state index contributed by atoms with van der Waals surface area (Å²) in [5, 5.41) is -0.146. The van der Waals surface area contributed by atoms with E-state index < -0.39 is 16.6 Å². The molecule has 2 aromatic rings. The van der Waals surface area contributed by atoms with Crippen molar-refractivity contribution in [3.05, 3.63) is 58.9 Å². The fourth-order valence-electron chi connectivity index (χ4n) is 3.51. The molecule has 0 aromatic heterocycles. The number of imide groups is 1. The van der Waals surface area contributed by atoms with E-state index in [9.17, 15) is 18.8 Å². The second kappa shape index (κ2) is 6.35. The number of thioether (sulfide) groups is 1. The van der Waals surface area contributed by atoms with Gasteiger partial charge in [-0.05, 0) is 24.3 Å². The predicted octanol–water partition coefficient (Wildman–Crippen LogP) is 3.70. The highest BCUT2D eigenvalue weighted by Crippen LogP contribution is 2.55. The Morgan fingerprint density at radius 3 is 2.70 bits per heavy atom. The van der Waals surface area contributed by atoms with Crippen molar-refractivity contribution in [1.82, 2.24) is 0 Å². The molecule has 0 aliphatic carbocycles. The first-order chi connectivity index (χ1) is 12.9. The van der Waals surface area contributed by atoms with Crippen LogP contribution in [0.1, 0.15) is 18.9 Å². The molecular formula is C19H14ClFN2O3S. The van der Waals surface area contributed by atoms with E-state index in [1.807, 2.05) is 0 Å². The van der Waals surface area contributed by atoms with Gasteiger partial charge < -0.3 is 0 Å². The maximum atomic E-state index is 13.6. The van der Waals surface area contributed by atoms with Crippen LogP contribution < -0.4 is 9.80 Å². The average molecular weight is 405 g/mol. The molecule has 1 fully saturated rings. The van der Waals surface area contributed by atoms with Crippen molar-refractivity contribution < 1.29 is 18.8 Å². The molecule has 27 heavy (non-hydrogen) atoms. The Balaban J connectivity index is 1.95. The Kier molecular flexibility index (Phi) is 4.24. The van der Waals surface area contributed by atoms with Gasteiger partial charge in [0.1, 0.15) is 5.82 Å². The Morgan fingerprint density at radius 1 is 1.26 bits per heavy atom. The number of carbonyl (C=O) groups is 3. The first-order valence-corrected chi connectivity index (χ1v) is 9.67. The summed E-state index contributed by atoms with van der Waals surface area (Å²) in [5.41, 5.74) is 1.34. The van der Waals surface area contributed by atoms with Gasteiger partial charge in [-0.25, -0.2) is 9.29 Å². The number of hydrogen-bond donors (Lipinski definition) is 0. The summed E-state index contributed by atoms with van der Waals surface area (Å²) in [6, 6.07) is 10.8. The van der Waals surface area contributed by atoms with Crippen molar-refractivity contribution in [3.63, 3.8) is 0 Å². The molecular weight excluding hydrogens is 391 g/mol. The molecule has 1 spiro atoms. The van der Waals surface area contributed by atoms with Gasteiger partial charge in [0.2, 0.25) is 16.7 Å². The van der Waals surface area contributed by atoms with Crippen LogP contribution in [0.25, 0.3) is 0 Å². The van der Waals surface area contributed by atoms with Crippen molar-refractivity contribution in [1.29, 1.82) is 0 Å². The van der Waals surface area contributed by atoms with Gasteiger partial charge >= 0.3 is 0 Å². The smallest absolute Gasteiger partial charge is 0.275 e. The van der Waals surface area contributed by atoms with Gasteiger partial charge in [-0.1, -0.05) is 36.7 Å². The van der Waals surface area contributed by atoms with Crippen LogP contribution in [-0.2, 0) is 19.3 Å². The lowest BCUT2D eigenvalue weighted by molar-refractivity contribution is -0.128. The van der Waals surface area contributed by atoms with Crippen LogP contribution in [0.15, 0.2) is 42.5 Å². The van der Waals surface area contributed by atoms with Crippen molar-refractivity contribution in [2.45, 2.75) is 18.2 Å². The molecule has 138 valence electrons. The van der Waals surface area contributed by atoms with Gasteiger partial charge in [-0.2, -0.15) is 0 Å². The average Bonchev–Trinajstić information content (AvgIpc) is 3.14. The second-order valence-electron chi connectivity index (χ2n) is 6.17. The third-order valence-corrected chi connectivity index (χ3v) is 6.36. The lowest BCUT2D eigenvalue weighted by atomic mass is 10.0. The van der Waals surface area contributed by atoms with E-state index in [1.54, 1.807) is 31.2 Å². The van der Waals surface area contributed by atoms with Crippen LogP contribution in [0.2, 0.25) is 5.02 Å². The van der Waals surface area contributed by atoms with Crippen molar-refractivity contribution in [2.24, 2.45) is 0 Å². The zero-order chi connectivity index (χ0) is 19.3. The van der Waals surface area contributed by atoms with Gasteiger partial charge in [0.15, 0.2) is 0 Å². The fourth-order valence-corrected chi connectivity index (χ4v) is 5.03. The van der Waals surface area contributed by atoms with Crippen LogP contribution in [-0.4, -0.2) is 23.5 Å². The number of hydrogen-bond acceptors (Lipinski definition) is 4. The summed E-state index contributed by atoms with van der Waals surface area (Å²) in [6.07, 6.45) is 0.150. The van der Waals surface area contributed by atoms with Gasteiger partial charge in [0, 0.05) is 17.7 Å². The molecule has 3 amide bonds. The lowest BCUT2D eigenvalue weighted by Crippen LogP contribution is -2.50. The highest BCUT2D eigenvalue weighted by Gasteiger charge is 2.62. The van der Waals surface area contributed by atoms with E-state index in [1.165, 1.54) is 17.0 Å². The van der Waals surface area contributed by atoms with Crippen LogP contribution in [0.3, 0.4) is 0 Å². The Bertz CT molecular complexity index is 999. The molecule has 8 heteroatoms. The molecule has 1 unspecified atom stereocenters. The maximum absolute atomic E-state index is 13.6. The molecule has 1 atom stereocenters. The fraction of sp³-hybridized carbons (Fsp3) is 0.211. The van der Waals surface area contributed by atoms with Crippen LogP contribution in [0, 0.1) is 5.82 Å². The number of para-hydroxylation sites is 1. The van der Waals surface area contributed by atoms with Gasteiger partial charge in [-0.15, -0.1) is 11.8 Å². The van der Waals surface area contributed by atoms with Gasteiger partial charge in [0.05, 0.1) is 16.5 Å².